The van der Waals surface area contributed by atoms with Crippen LogP contribution in [0.25, 0.3) is 10.8 Å². The van der Waals surface area contributed by atoms with Crippen molar-refractivity contribution in [2.45, 2.75) is 31.8 Å². The largest absolute Gasteiger partial charge is 0.497 e. The highest BCUT2D eigenvalue weighted by molar-refractivity contribution is 5.84. The first-order valence-electron chi connectivity index (χ1n) is 7.80. The van der Waals surface area contributed by atoms with Gasteiger partial charge in [0, 0.05) is 18.6 Å². The maximum absolute atomic E-state index is 6.07. The van der Waals surface area contributed by atoms with E-state index in [0.717, 1.165) is 18.3 Å². The summed E-state index contributed by atoms with van der Waals surface area (Å²) in [6, 6.07) is 13.9. The van der Waals surface area contributed by atoms with E-state index in [2.05, 4.69) is 42.2 Å². The summed E-state index contributed by atoms with van der Waals surface area (Å²) < 4.78 is 5.29. The summed E-state index contributed by atoms with van der Waals surface area (Å²) in [4.78, 5) is 2.55. The number of hydrogen-bond donors (Lipinski definition) is 1. The van der Waals surface area contributed by atoms with Crippen molar-refractivity contribution in [2.24, 2.45) is 5.73 Å². The SMILES string of the molecule is CCN(C1CC1)C(CN)c1ccc2cc(OC)ccc2c1. The molecule has 2 aromatic carbocycles. The Balaban J connectivity index is 1.94. The predicted octanol–water partition coefficient (Wildman–Crippen LogP) is 3.33. The molecule has 112 valence electrons. The molecule has 1 saturated carbocycles. The van der Waals surface area contributed by atoms with Gasteiger partial charge in [0.2, 0.25) is 0 Å². The molecule has 1 aliphatic rings. The second-order valence-electron chi connectivity index (χ2n) is 5.79. The number of fused-ring (bicyclic) bond motifs is 1. The average Bonchev–Trinajstić information content (AvgIpc) is 3.36. The van der Waals surface area contributed by atoms with Gasteiger partial charge in [-0.15, -0.1) is 0 Å². The average molecular weight is 284 g/mol. The number of ether oxygens (including phenoxy) is 1. The van der Waals surface area contributed by atoms with Crippen LogP contribution >= 0.6 is 0 Å². The minimum atomic E-state index is 0.328. The maximum Gasteiger partial charge on any atom is 0.119 e. The molecule has 0 amide bonds. The second kappa shape index (κ2) is 6.04. The summed E-state index contributed by atoms with van der Waals surface area (Å²) >= 11 is 0. The minimum Gasteiger partial charge on any atom is -0.497 e. The van der Waals surface area contributed by atoms with E-state index in [0.29, 0.717) is 12.6 Å². The Morgan fingerprint density at radius 3 is 2.52 bits per heavy atom. The lowest BCUT2D eigenvalue weighted by atomic mass is 10.0. The number of rotatable bonds is 6. The normalized spacial score (nSPS) is 16.4. The molecule has 0 heterocycles. The van der Waals surface area contributed by atoms with Crippen molar-refractivity contribution in [3.63, 3.8) is 0 Å². The summed E-state index contributed by atoms with van der Waals surface area (Å²) in [6.07, 6.45) is 2.63. The molecule has 0 aliphatic heterocycles. The Kier molecular flexibility index (Phi) is 4.13. The summed E-state index contributed by atoms with van der Waals surface area (Å²) in [6.45, 7) is 3.96. The van der Waals surface area contributed by atoms with Crippen LogP contribution in [0.2, 0.25) is 0 Å². The molecule has 0 spiro atoms. The molecule has 1 aliphatic carbocycles. The van der Waals surface area contributed by atoms with Gasteiger partial charge in [-0.2, -0.15) is 0 Å². The van der Waals surface area contributed by atoms with Crippen LogP contribution in [-0.4, -0.2) is 31.1 Å². The highest BCUT2D eigenvalue weighted by atomic mass is 16.5. The molecule has 0 radical (unpaired) electrons. The molecule has 1 fully saturated rings. The Bertz CT molecular complexity index is 622. The van der Waals surface area contributed by atoms with Gasteiger partial charge >= 0.3 is 0 Å². The fourth-order valence-electron chi connectivity index (χ4n) is 3.18. The number of nitrogens with two attached hydrogens (primary N) is 1. The Morgan fingerprint density at radius 1 is 1.19 bits per heavy atom. The van der Waals surface area contributed by atoms with Crippen LogP contribution in [0, 0.1) is 0 Å². The van der Waals surface area contributed by atoms with Gasteiger partial charge in [0.25, 0.3) is 0 Å². The van der Waals surface area contributed by atoms with Crippen molar-refractivity contribution in [3.8, 4) is 5.75 Å². The first kappa shape index (κ1) is 14.4. The van der Waals surface area contributed by atoms with Gasteiger partial charge in [-0.25, -0.2) is 0 Å². The summed E-state index contributed by atoms with van der Waals surface area (Å²) in [5.74, 6) is 0.902. The lowest BCUT2D eigenvalue weighted by Crippen LogP contribution is -2.35. The van der Waals surface area contributed by atoms with Crippen LogP contribution in [0.5, 0.6) is 5.75 Å². The molecule has 1 atom stereocenters. The maximum atomic E-state index is 6.07. The van der Waals surface area contributed by atoms with E-state index in [1.807, 2.05) is 6.07 Å². The quantitative estimate of drug-likeness (QED) is 0.884. The zero-order valence-electron chi connectivity index (χ0n) is 12.9. The number of likely N-dealkylation sites (N-methyl/N-ethyl adjacent to an activating group) is 1. The third-order valence-corrected chi connectivity index (χ3v) is 4.46. The van der Waals surface area contributed by atoms with E-state index in [-0.39, 0.29) is 0 Å². The first-order valence-corrected chi connectivity index (χ1v) is 7.80. The van der Waals surface area contributed by atoms with Gasteiger partial charge < -0.3 is 10.5 Å². The van der Waals surface area contributed by atoms with Gasteiger partial charge in [-0.05, 0) is 53.9 Å². The van der Waals surface area contributed by atoms with Crippen molar-refractivity contribution < 1.29 is 4.74 Å². The van der Waals surface area contributed by atoms with E-state index in [1.54, 1.807) is 7.11 Å². The molecule has 0 aromatic heterocycles. The van der Waals surface area contributed by atoms with Crippen LogP contribution in [-0.2, 0) is 0 Å². The highest BCUT2D eigenvalue weighted by Crippen LogP contribution is 2.34. The van der Waals surface area contributed by atoms with Crippen LogP contribution in [0.4, 0.5) is 0 Å². The zero-order chi connectivity index (χ0) is 14.8. The molecule has 0 saturated heterocycles. The molecule has 2 aromatic rings. The smallest absolute Gasteiger partial charge is 0.119 e. The highest BCUT2D eigenvalue weighted by Gasteiger charge is 2.32. The van der Waals surface area contributed by atoms with Crippen molar-refractivity contribution in [1.29, 1.82) is 0 Å². The lowest BCUT2D eigenvalue weighted by molar-refractivity contribution is 0.202. The number of nitrogens with zero attached hydrogens (tertiary/aromatic N) is 1. The summed E-state index contributed by atoms with van der Waals surface area (Å²) in [5.41, 5.74) is 7.40. The lowest BCUT2D eigenvalue weighted by Gasteiger charge is -2.30. The summed E-state index contributed by atoms with van der Waals surface area (Å²) in [7, 11) is 1.70. The molecule has 3 nitrogen and oxygen atoms in total. The van der Waals surface area contributed by atoms with E-state index < -0.39 is 0 Å². The molecule has 21 heavy (non-hydrogen) atoms. The number of hydrogen-bond acceptors (Lipinski definition) is 3. The molecular formula is C18H24N2O. The standard InChI is InChI=1S/C18H24N2O/c1-3-20(16-7-8-16)18(12-19)15-5-4-14-11-17(21-2)9-6-13(14)10-15/h4-6,9-11,16,18H,3,7-8,12,19H2,1-2H3. The van der Waals surface area contributed by atoms with E-state index >= 15 is 0 Å². The van der Waals surface area contributed by atoms with Crippen LogP contribution in [0.3, 0.4) is 0 Å². The summed E-state index contributed by atoms with van der Waals surface area (Å²) in [5, 5.41) is 2.46. The molecular weight excluding hydrogens is 260 g/mol. The van der Waals surface area contributed by atoms with Crippen molar-refractivity contribution in [2.75, 3.05) is 20.2 Å². The minimum absolute atomic E-state index is 0.328. The Hall–Kier alpha value is -1.58. The molecule has 0 bridgehead atoms. The van der Waals surface area contributed by atoms with Crippen molar-refractivity contribution in [3.05, 3.63) is 42.0 Å². The van der Waals surface area contributed by atoms with Gasteiger partial charge in [0.05, 0.1) is 7.11 Å². The third-order valence-electron chi connectivity index (χ3n) is 4.46. The second-order valence-corrected chi connectivity index (χ2v) is 5.79. The molecule has 3 heteroatoms. The topological polar surface area (TPSA) is 38.5 Å². The zero-order valence-corrected chi connectivity index (χ0v) is 12.9. The van der Waals surface area contributed by atoms with Gasteiger partial charge in [-0.1, -0.05) is 25.1 Å². The van der Waals surface area contributed by atoms with Crippen LogP contribution in [0.1, 0.15) is 31.4 Å². The van der Waals surface area contributed by atoms with E-state index in [4.69, 9.17) is 10.5 Å². The van der Waals surface area contributed by atoms with Crippen LogP contribution < -0.4 is 10.5 Å². The van der Waals surface area contributed by atoms with Gasteiger partial charge in [0.1, 0.15) is 5.75 Å². The fourth-order valence-corrected chi connectivity index (χ4v) is 3.18. The molecule has 2 N–H and O–H groups in total. The van der Waals surface area contributed by atoms with Gasteiger partial charge in [-0.3, -0.25) is 4.90 Å². The first-order chi connectivity index (χ1) is 10.3. The predicted molar refractivity (Wildman–Crippen MR) is 87.7 cm³/mol. The monoisotopic (exact) mass is 284 g/mol. The van der Waals surface area contributed by atoms with E-state index in [1.165, 1.54) is 29.2 Å². The third kappa shape index (κ3) is 2.89. The van der Waals surface area contributed by atoms with E-state index in [9.17, 15) is 0 Å². The molecule has 1 unspecified atom stereocenters. The number of methoxy groups -OCH3 is 1. The van der Waals surface area contributed by atoms with Gasteiger partial charge in [0.15, 0.2) is 0 Å². The molecule has 3 rings (SSSR count). The Labute approximate surface area is 126 Å². The van der Waals surface area contributed by atoms with Crippen molar-refractivity contribution in [1.82, 2.24) is 4.90 Å². The fraction of sp³-hybridized carbons (Fsp3) is 0.444. The van der Waals surface area contributed by atoms with Crippen LogP contribution in [0.15, 0.2) is 36.4 Å². The van der Waals surface area contributed by atoms with Crippen molar-refractivity contribution >= 4 is 10.8 Å². The Morgan fingerprint density at radius 2 is 1.90 bits per heavy atom. The number of benzene rings is 2.